The monoisotopic (exact) mass is 307 g/mol. The van der Waals surface area contributed by atoms with Gasteiger partial charge in [-0.15, -0.1) is 0 Å². The van der Waals surface area contributed by atoms with Gasteiger partial charge in [-0.05, 0) is 23.8 Å². The number of fused-ring (bicyclic) bond motifs is 1. The van der Waals surface area contributed by atoms with Crippen LogP contribution in [0.2, 0.25) is 0 Å². The van der Waals surface area contributed by atoms with Crippen LogP contribution in [-0.2, 0) is 19.3 Å². The van der Waals surface area contributed by atoms with Crippen LogP contribution in [0.3, 0.4) is 0 Å². The SMILES string of the molecule is O=C1c2ccccc2CN1NCc1ccc(C(F)(F)F)cn1. The van der Waals surface area contributed by atoms with Crippen molar-refractivity contribution in [2.24, 2.45) is 0 Å². The van der Waals surface area contributed by atoms with Crippen LogP contribution < -0.4 is 5.43 Å². The smallest absolute Gasteiger partial charge is 0.269 e. The first-order valence-electron chi connectivity index (χ1n) is 6.60. The number of alkyl halides is 3. The van der Waals surface area contributed by atoms with Crippen LogP contribution in [0.5, 0.6) is 0 Å². The van der Waals surface area contributed by atoms with Crippen molar-refractivity contribution in [1.29, 1.82) is 0 Å². The van der Waals surface area contributed by atoms with Crippen LogP contribution in [-0.4, -0.2) is 15.9 Å². The lowest BCUT2D eigenvalue weighted by molar-refractivity contribution is -0.137. The summed E-state index contributed by atoms with van der Waals surface area (Å²) < 4.78 is 37.3. The molecular formula is C15H12F3N3O. The molecule has 1 N–H and O–H groups in total. The van der Waals surface area contributed by atoms with Crippen molar-refractivity contribution in [3.8, 4) is 0 Å². The quantitative estimate of drug-likeness (QED) is 0.948. The van der Waals surface area contributed by atoms with Crippen LogP contribution in [0.15, 0.2) is 42.6 Å². The molecule has 2 aromatic rings. The molecule has 0 saturated heterocycles. The lowest BCUT2D eigenvalue weighted by Crippen LogP contribution is -2.37. The highest BCUT2D eigenvalue weighted by Crippen LogP contribution is 2.28. The van der Waals surface area contributed by atoms with Crippen molar-refractivity contribution in [2.75, 3.05) is 0 Å². The Morgan fingerprint density at radius 1 is 1.18 bits per heavy atom. The fourth-order valence-corrected chi connectivity index (χ4v) is 2.26. The molecule has 7 heteroatoms. The number of benzene rings is 1. The van der Waals surface area contributed by atoms with Gasteiger partial charge < -0.3 is 0 Å². The molecule has 0 radical (unpaired) electrons. The van der Waals surface area contributed by atoms with Gasteiger partial charge in [-0.2, -0.15) is 13.2 Å². The minimum Gasteiger partial charge on any atom is -0.269 e. The highest BCUT2D eigenvalue weighted by molar-refractivity contribution is 5.97. The molecule has 0 fully saturated rings. The Balaban J connectivity index is 1.63. The zero-order valence-corrected chi connectivity index (χ0v) is 11.4. The number of nitrogens with zero attached hydrogens (tertiary/aromatic N) is 2. The van der Waals surface area contributed by atoms with Gasteiger partial charge >= 0.3 is 6.18 Å². The molecule has 1 aliphatic rings. The number of hydrogen-bond acceptors (Lipinski definition) is 3. The van der Waals surface area contributed by atoms with Crippen molar-refractivity contribution in [3.05, 3.63) is 65.0 Å². The molecule has 22 heavy (non-hydrogen) atoms. The van der Waals surface area contributed by atoms with E-state index in [0.29, 0.717) is 17.8 Å². The van der Waals surface area contributed by atoms with Crippen LogP contribution in [0, 0.1) is 0 Å². The molecule has 1 aliphatic heterocycles. The second-order valence-electron chi connectivity index (χ2n) is 4.92. The summed E-state index contributed by atoms with van der Waals surface area (Å²) >= 11 is 0. The second kappa shape index (κ2) is 5.42. The summed E-state index contributed by atoms with van der Waals surface area (Å²) in [6.07, 6.45) is -3.61. The van der Waals surface area contributed by atoms with Gasteiger partial charge in [-0.3, -0.25) is 14.8 Å². The zero-order chi connectivity index (χ0) is 15.7. The number of rotatable bonds is 3. The van der Waals surface area contributed by atoms with Gasteiger partial charge in [-0.1, -0.05) is 18.2 Å². The molecule has 1 amide bonds. The Morgan fingerprint density at radius 3 is 2.59 bits per heavy atom. The van der Waals surface area contributed by atoms with Crippen molar-refractivity contribution >= 4 is 5.91 Å². The Bertz CT molecular complexity index is 698. The third-order valence-corrected chi connectivity index (χ3v) is 3.42. The number of halogens is 3. The van der Waals surface area contributed by atoms with Crippen molar-refractivity contribution < 1.29 is 18.0 Å². The number of nitrogens with one attached hydrogen (secondary N) is 1. The van der Waals surface area contributed by atoms with Gasteiger partial charge in [0.25, 0.3) is 5.91 Å². The number of pyridine rings is 1. The molecule has 1 aromatic heterocycles. The Morgan fingerprint density at radius 2 is 1.95 bits per heavy atom. The highest BCUT2D eigenvalue weighted by Gasteiger charge is 2.31. The lowest BCUT2D eigenvalue weighted by atomic mass is 10.1. The van der Waals surface area contributed by atoms with E-state index in [2.05, 4.69) is 10.4 Å². The van der Waals surface area contributed by atoms with E-state index >= 15 is 0 Å². The standard InChI is InChI=1S/C15H12F3N3O/c16-15(17,18)11-5-6-12(19-7-11)8-20-21-9-10-3-1-2-4-13(10)14(21)22/h1-7,20H,8-9H2. The Hall–Kier alpha value is -2.41. The minimum absolute atomic E-state index is 0.150. The Labute approximate surface area is 124 Å². The number of hydrazine groups is 1. The van der Waals surface area contributed by atoms with Crippen LogP contribution in [0.25, 0.3) is 0 Å². The first-order chi connectivity index (χ1) is 10.4. The summed E-state index contributed by atoms with van der Waals surface area (Å²) in [5, 5.41) is 1.43. The van der Waals surface area contributed by atoms with E-state index in [1.807, 2.05) is 12.1 Å². The molecule has 0 unspecified atom stereocenters. The van der Waals surface area contributed by atoms with E-state index in [1.165, 1.54) is 11.1 Å². The zero-order valence-electron chi connectivity index (χ0n) is 11.4. The highest BCUT2D eigenvalue weighted by atomic mass is 19.4. The molecule has 3 rings (SSSR count). The average molecular weight is 307 g/mol. The maximum atomic E-state index is 12.4. The Kier molecular flexibility index (Phi) is 3.58. The van der Waals surface area contributed by atoms with Crippen LogP contribution in [0.4, 0.5) is 13.2 Å². The van der Waals surface area contributed by atoms with Gasteiger partial charge in [0.2, 0.25) is 0 Å². The van der Waals surface area contributed by atoms with Gasteiger partial charge in [0.05, 0.1) is 24.3 Å². The van der Waals surface area contributed by atoms with Gasteiger partial charge in [0.1, 0.15) is 0 Å². The first kappa shape index (κ1) is 14.5. The minimum atomic E-state index is -4.40. The van der Waals surface area contributed by atoms with E-state index in [9.17, 15) is 18.0 Å². The summed E-state index contributed by atoms with van der Waals surface area (Å²) in [6, 6.07) is 9.53. The number of hydrogen-bond donors (Lipinski definition) is 1. The fourth-order valence-electron chi connectivity index (χ4n) is 2.26. The predicted octanol–water partition coefficient (Wildman–Crippen LogP) is 2.76. The maximum Gasteiger partial charge on any atom is 0.417 e. The van der Waals surface area contributed by atoms with Crippen LogP contribution in [0.1, 0.15) is 27.2 Å². The van der Waals surface area contributed by atoms with Crippen LogP contribution >= 0.6 is 0 Å². The van der Waals surface area contributed by atoms with Crippen molar-refractivity contribution in [2.45, 2.75) is 19.3 Å². The molecule has 0 spiro atoms. The number of carbonyl (C=O) groups is 1. The van der Waals surface area contributed by atoms with Gasteiger partial charge in [-0.25, -0.2) is 5.43 Å². The predicted molar refractivity (Wildman–Crippen MR) is 72.4 cm³/mol. The summed E-state index contributed by atoms with van der Waals surface area (Å²) in [4.78, 5) is 15.9. The number of aromatic nitrogens is 1. The summed E-state index contributed by atoms with van der Waals surface area (Å²) in [5.74, 6) is -0.150. The molecule has 0 atom stereocenters. The number of carbonyl (C=O) groups excluding carboxylic acids is 1. The topological polar surface area (TPSA) is 45.2 Å². The molecular weight excluding hydrogens is 295 g/mol. The molecule has 0 aliphatic carbocycles. The number of amides is 1. The van der Waals surface area contributed by atoms with Crippen molar-refractivity contribution in [1.82, 2.24) is 15.4 Å². The van der Waals surface area contributed by atoms with E-state index in [0.717, 1.165) is 17.8 Å². The third kappa shape index (κ3) is 2.80. The fraction of sp³-hybridized carbons (Fsp3) is 0.200. The van der Waals surface area contributed by atoms with Gasteiger partial charge in [0, 0.05) is 11.8 Å². The first-order valence-corrected chi connectivity index (χ1v) is 6.60. The molecule has 0 saturated carbocycles. The second-order valence-corrected chi connectivity index (χ2v) is 4.92. The molecule has 1 aromatic carbocycles. The summed E-state index contributed by atoms with van der Waals surface area (Å²) in [7, 11) is 0. The largest absolute Gasteiger partial charge is 0.417 e. The molecule has 0 bridgehead atoms. The van der Waals surface area contributed by atoms with E-state index < -0.39 is 11.7 Å². The van der Waals surface area contributed by atoms with Gasteiger partial charge in [0.15, 0.2) is 0 Å². The molecule has 2 heterocycles. The maximum absolute atomic E-state index is 12.4. The lowest BCUT2D eigenvalue weighted by Gasteiger charge is -2.17. The molecule has 114 valence electrons. The van der Waals surface area contributed by atoms with E-state index in [-0.39, 0.29) is 12.5 Å². The van der Waals surface area contributed by atoms with Crippen molar-refractivity contribution in [3.63, 3.8) is 0 Å². The van der Waals surface area contributed by atoms with E-state index in [1.54, 1.807) is 12.1 Å². The summed E-state index contributed by atoms with van der Waals surface area (Å²) in [5.41, 5.74) is 4.08. The molecule has 4 nitrogen and oxygen atoms in total. The van der Waals surface area contributed by atoms with E-state index in [4.69, 9.17) is 0 Å². The third-order valence-electron chi connectivity index (χ3n) is 3.42. The summed E-state index contributed by atoms with van der Waals surface area (Å²) in [6.45, 7) is 0.605. The average Bonchev–Trinajstić information content (AvgIpc) is 2.82. The normalized spacial score (nSPS) is 14.3.